The van der Waals surface area contributed by atoms with E-state index in [1.165, 1.54) is 21.7 Å². The van der Waals surface area contributed by atoms with Gasteiger partial charge in [0.05, 0.1) is 28.8 Å². The molecule has 4 rings (SSSR count). The normalized spacial score (nSPS) is 15.3. The van der Waals surface area contributed by atoms with Gasteiger partial charge in [-0.15, -0.1) is 5.10 Å². The summed E-state index contributed by atoms with van der Waals surface area (Å²) in [7, 11) is 0. The first-order chi connectivity index (χ1) is 17.5. The molecule has 12 heteroatoms. The summed E-state index contributed by atoms with van der Waals surface area (Å²) in [6.07, 6.45) is -5.92. The minimum atomic E-state index is -4.61. The Labute approximate surface area is 209 Å². The van der Waals surface area contributed by atoms with Crippen molar-refractivity contribution >= 4 is 23.7 Å². The summed E-state index contributed by atoms with van der Waals surface area (Å²) in [5.41, 5.74) is 0.589. The number of aromatic nitrogens is 3. The molecule has 1 aromatic heterocycles. The Morgan fingerprint density at radius 3 is 2.35 bits per heavy atom. The lowest BCUT2D eigenvalue weighted by Crippen LogP contribution is -2.36. The molecule has 0 bridgehead atoms. The molecule has 2 aromatic carbocycles. The monoisotopic (exact) mass is 507 g/mol. The number of alkyl halides is 3. The van der Waals surface area contributed by atoms with Crippen LogP contribution >= 0.6 is 0 Å². The van der Waals surface area contributed by atoms with Crippen molar-refractivity contribution in [2.75, 3.05) is 9.80 Å². The quantitative estimate of drug-likeness (QED) is 0.488. The van der Waals surface area contributed by atoms with Gasteiger partial charge in [0, 0.05) is 17.4 Å². The van der Waals surface area contributed by atoms with Crippen molar-refractivity contribution in [2.24, 2.45) is 0 Å². The number of hydrogen-bond donors (Lipinski definition) is 1. The highest BCUT2D eigenvalue weighted by molar-refractivity contribution is 5.84. The van der Waals surface area contributed by atoms with Crippen LogP contribution in [-0.2, 0) is 6.18 Å². The largest absolute Gasteiger partial charge is 0.465 e. The molecule has 188 valence electrons. The molecule has 0 aliphatic carbocycles. The number of allylic oxidation sites excluding steroid dienone is 2. The van der Waals surface area contributed by atoms with Gasteiger partial charge in [0.25, 0.3) is 5.95 Å². The Balaban J connectivity index is 2.00. The molecule has 1 N–H and O–H groups in total. The summed E-state index contributed by atoms with van der Waals surface area (Å²) in [6.45, 7) is 4.83. The molecule has 0 saturated carbocycles. The second kappa shape index (κ2) is 9.32. The minimum Gasteiger partial charge on any atom is -0.465 e. The van der Waals surface area contributed by atoms with Crippen LogP contribution in [0.4, 0.5) is 35.5 Å². The highest BCUT2D eigenvalue weighted by Gasteiger charge is 2.38. The van der Waals surface area contributed by atoms with Crippen LogP contribution in [0, 0.1) is 22.7 Å². The van der Waals surface area contributed by atoms with E-state index in [1.54, 1.807) is 45.0 Å². The number of fused-ring (bicyclic) bond motifs is 1. The van der Waals surface area contributed by atoms with Crippen molar-refractivity contribution in [1.82, 2.24) is 14.8 Å². The fourth-order valence-corrected chi connectivity index (χ4v) is 4.18. The standard InChI is InChI=1S/C25H20F3N7O2/c1-14(2)33(24(36)37)22-31-23-34(19-6-4-5-18(11-19)25(26,27)28)15(3)20(13-30)21(35(23)32-22)17-9-7-16(12-29)8-10-17/h4-11,14,21H,1-3H3,(H,36,37)/t21-/m1/s1. The number of anilines is 3. The van der Waals surface area contributed by atoms with Crippen molar-refractivity contribution in [1.29, 1.82) is 10.5 Å². The molecular formula is C25H20F3N7O2. The predicted octanol–water partition coefficient (Wildman–Crippen LogP) is 5.60. The van der Waals surface area contributed by atoms with Gasteiger partial charge in [-0.2, -0.15) is 28.7 Å². The minimum absolute atomic E-state index is 0.0343. The highest BCUT2D eigenvalue weighted by Crippen LogP contribution is 2.43. The molecule has 0 radical (unpaired) electrons. The highest BCUT2D eigenvalue weighted by atomic mass is 19.4. The van der Waals surface area contributed by atoms with Crippen molar-refractivity contribution in [3.63, 3.8) is 0 Å². The first-order valence-corrected chi connectivity index (χ1v) is 11.0. The number of amides is 1. The van der Waals surface area contributed by atoms with Gasteiger partial charge in [0.1, 0.15) is 6.04 Å². The third-order valence-corrected chi connectivity index (χ3v) is 5.89. The van der Waals surface area contributed by atoms with E-state index < -0.39 is 29.9 Å². The molecule has 1 amide bonds. The van der Waals surface area contributed by atoms with Crippen molar-refractivity contribution < 1.29 is 23.1 Å². The predicted molar refractivity (Wildman–Crippen MR) is 127 cm³/mol. The molecule has 2 heterocycles. The lowest BCUT2D eigenvalue weighted by atomic mass is 9.95. The van der Waals surface area contributed by atoms with Gasteiger partial charge in [0.2, 0.25) is 5.95 Å². The second-order valence-electron chi connectivity index (χ2n) is 8.53. The fraction of sp³-hybridized carbons (Fsp3) is 0.240. The topological polar surface area (TPSA) is 122 Å². The lowest BCUT2D eigenvalue weighted by molar-refractivity contribution is -0.137. The number of halogens is 3. The van der Waals surface area contributed by atoms with E-state index in [0.717, 1.165) is 17.0 Å². The maximum absolute atomic E-state index is 13.5. The zero-order valence-corrected chi connectivity index (χ0v) is 19.9. The number of nitriles is 2. The van der Waals surface area contributed by atoms with Crippen LogP contribution in [0.15, 0.2) is 59.8 Å². The fourth-order valence-electron chi connectivity index (χ4n) is 4.18. The maximum Gasteiger partial charge on any atom is 0.416 e. The van der Waals surface area contributed by atoms with E-state index in [4.69, 9.17) is 5.26 Å². The average molecular weight is 507 g/mol. The van der Waals surface area contributed by atoms with E-state index in [9.17, 15) is 28.3 Å². The zero-order chi connectivity index (χ0) is 27.1. The van der Waals surface area contributed by atoms with Crippen LogP contribution in [-0.4, -0.2) is 32.0 Å². The third kappa shape index (κ3) is 4.45. The summed E-state index contributed by atoms with van der Waals surface area (Å²) in [4.78, 5) is 18.7. The Hall–Kier alpha value is -4.84. The number of carbonyl (C=O) groups is 1. The van der Waals surface area contributed by atoms with E-state index in [1.807, 2.05) is 6.07 Å². The van der Waals surface area contributed by atoms with Crippen LogP contribution in [0.1, 0.15) is 43.5 Å². The number of benzene rings is 2. The summed E-state index contributed by atoms with van der Waals surface area (Å²) in [6, 6.07) is 13.7. The Morgan fingerprint density at radius 2 is 1.81 bits per heavy atom. The molecular weight excluding hydrogens is 487 g/mol. The Morgan fingerprint density at radius 1 is 1.14 bits per heavy atom. The third-order valence-electron chi connectivity index (χ3n) is 5.89. The summed E-state index contributed by atoms with van der Waals surface area (Å²) in [5, 5.41) is 33.5. The summed E-state index contributed by atoms with van der Waals surface area (Å²) >= 11 is 0. The molecule has 1 aliphatic heterocycles. The number of hydrogen-bond acceptors (Lipinski definition) is 6. The molecule has 0 spiro atoms. The molecule has 0 unspecified atom stereocenters. The van der Waals surface area contributed by atoms with Gasteiger partial charge in [-0.1, -0.05) is 18.2 Å². The first-order valence-electron chi connectivity index (χ1n) is 11.0. The summed E-state index contributed by atoms with van der Waals surface area (Å²) < 4.78 is 41.8. The van der Waals surface area contributed by atoms with Crippen molar-refractivity contribution in [3.8, 4) is 12.1 Å². The van der Waals surface area contributed by atoms with Gasteiger partial charge >= 0.3 is 12.3 Å². The maximum atomic E-state index is 13.5. The average Bonchev–Trinajstić information content (AvgIpc) is 3.25. The number of nitrogens with zero attached hydrogens (tertiary/aromatic N) is 7. The number of rotatable bonds is 4. The van der Waals surface area contributed by atoms with E-state index in [0.29, 0.717) is 16.8 Å². The van der Waals surface area contributed by atoms with Gasteiger partial charge in [-0.05, 0) is 56.7 Å². The van der Waals surface area contributed by atoms with Gasteiger partial charge in [0.15, 0.2) is 0 Å². The molecule has 1 atom stereocenters. The van der Waals surface area contributed by atoms with Gasteiger partial charge in [-0.3, -0.25) is 4.90 Å². The molecule has 1 aliphatic rings. The Kier molecular flexibility index (Phi) is 6.36. The molecule has 0 fully saturated rings. The molecule has 37 heavy (non-hydrogen) atoms. The SMILES string of the molecule is CC1=C(C#N)[C@@H](c2ccc(C#N)cc2)n2nc(N(C(=O)O)C(C)C)nc2N1c1cccc(C(F)(F)F)c1. The van der Waals surface area contributed by atoms with Gasteiger partial charge < -0.3 is 5.11 Å². The van der Waals surface area contributed by atoms with E-state index in [-0.39, 0.29) is 23.2 Å². The van der Waals surface area contributed by atoms with E-state index in [2.05, 4.69) is 16.2 Å². The molecule has 0 saturated heterocycles. The van der Waals surface area contributed by atoms with Crippen LogP contribution in [0.2, 0.25) is 0 Å². The van der Waals surface area contributed by atoms with Crippen molar-refractivity contribution in [2.45, 2.75) is 39.0 Å². The van der Waals surface area contributed by atoms with Crippen LogP contribution in [0.5, 0.6) is 0 Å². The second-order valence-corrected chi connectivity index (χ2v) is 8.53. The first kappa shape index (κ1) is 25.3. The van der Waals surface area contributed by atoms with E-state index >= 15 is 0 Å². The van der Waals surface area contributed by atoms with Crippen molar-refractivity contribution in [3.05, 3.63) is 76.5 Å². The lowest BCUT2D eigenvalue weighted by Gasteiger charge is -2.34. The number of carboxylic acid groups (broad SMARTS) is 1. The smallest absolute Gasteiger partial charge is 0.416 e. The van der Waals surface area contributed by atoms with Crippen LogP contribution in [0.25, 0.3) is 0 Å². The van der Waals surface area contributed by atoms with Crippen LogP contribution < -0.4 is 9.80 Å². The molecule has 9 nitrogen and oxygen atoms in total. The van der Waals surface area contributed by atoms with Gasteiger partial charge in [-0.25, -0.2) is 14.4 Å². The Bertz CT molecular complexity index is 1480. The van der Waals surface area contributed by atoms with Crippen LogP contribution in [0.3, 0.4) is 0 Å². The zero-order valence-electron chi connectivity index (χ0n) is 19.9. The molecule has 3 aromatic rings. The summed E-state index contributed by atoms with van der Waals surface area (Å²) in [5.74, 6) is -0.160.